The summed E-state index contributed by atoms with van der Waals surface area (Å²) in [6, 6.07) is 7.69. The summed E-state index contributed by atoms with van der Waals surface area (Å²) in [7, 11) is 3.14. The number of nitrogens with one attached hydrogen (secondary N) is 3. The summed E-state index contributed by atoms with van der Waals surface area (Å²) in [5.41, 5.74) is 0.870. The number of methoxy groups -OCH3 is 2. The molecule has 4 heterocycles. The van der Waals surface area contributed by atoms with Crippen molar-refractivity contribution in [2.24, 2.45) is 11.8 Å². The van der Waals surface area contributed by atoms with Gasteiger partial charge >= 0.3 is 0 Å². The number of aromatic nitrogens is 3. The highest BCUT2D eigenvalue weighted by atomic mass is 16.5. The summed E-state index contributed by atoms with van der Waals surface area (Å²) in [5, 5.41) is 13.6. The molecule has 0 saturated carbocycles. The molecule has 2 aromatic heterocycles. The molecule has 15 nitrogen and oxygen atoms in total. The Morgan fingerprint density at radius 3 is 2.44 bits per heavy atom. The fraction of sp³-hybridized carbons (Fsp3) is 0.600. The first kappa shape index (κ1) is 41.2. The molecule has 0 aliphatic carbocycles. The lowest BCUT2D eigenvalue weighted by atomic mass is 9.97. The maximum absolute atomic E-state index is 13.8. The third-order valence-corrected chi connectivity index (χ3v) is 10.6. The van der Waals surface area contributed by atoms with Gasteiger partial charge in [-0.05, 0) is 87.4 Å². The second kappa shape index (κ2) is 19.6. The van der Waals surface area contributed by atoms with E-state index in [9.17, 15) is 19.2 Å². The lowest BCUT2D eigenvalue weighted by Gasteiger charge is -2.29. The quantitative estimate of drug-likeness (QED) is 0.291. The molecule has 2 aliphatic heterocycles. The van der Waals surface area contributed by atoms with Crippen LogP contribution in [-0.4, -0.2) is 101 Å². The number of nitrogens with zero attached hydrogens (tertiary/aromatic N) is 5. The van der Waals surface area contributed by atoms with Crippen LogP contribution in [0.3, 0.4) is 0 Å². The second-order valence-electron chi connectivity index (χ2n) is 14.9. The third-order valence-electron chi connectivity index (χ3n) is 10.6. The van der Waals surface area contributed by atoms with Gasteiger partial charge in [0, 0.05) is 32.5 Å². The molecule has 3 aromatic rings. The molecule has 0 unspecified atom stereocenters. The van der Waals surface area contributed by atoms with Gasteiger partial charge in [-0.2, -0.15) is 5.10 Å². The highest BCUT2D eigenvalue weighted by Gasteiger charge is 2.30. The number of hydrogen-bond donors (Lipinski definition) is 3. The van der Waals surface area contributed by atoms with Gasteiger partial charge in [-0.1, -0.05) is 33.3 Å². The molecule has 15 heteroatoms. The Kier molecular flexibility index (Phi) is 14.7. The Hall–Kier alpha value is -4.92. The van der Waals surface area contributed by atoms with Crippen LogP contribution < -0.4 is 25.4 Å². The molecular formula is C40H58N8O7. The van der Waals surface area contributed by atoms with Crippen LogP contribution in [0.4, 0.5) is 0 Å². The number of rotatable bonds is 9. The average molecular weight is 763 g/mol. The van der Waals surface area contributed by atoms with Crippen molar-refractivity contribution >= 4 is 23.6 Å². The molecule has 1 fully saturated rings. The maximum Gasteiger partial charge on any atom is 0.289 e. The predicted octanol–water partition coefficient (Wildman–Crippen LogP) is 3.86. The molecule has 1 aromatic carbocycles. The molecule has 55 heavy (non-hydrogen) atoms. The Morgan fingerprint density at radius 1 is 0.964 bits per heavy atom. The summed E-state index contributed by atoms with van der Waals surface area (Å²) in [5.74, 6) is 2.39. The van der Waals surface area contributed by atoms with E-state index in [1.165, 1.54) is 4.68 Å². The molecular weight excluding hydrogens is 704 g/mol. The van der Waals surface area contributed by atoms with E-state index in [4.69, 9.17) is 18.9 Å². The highest BCUT2D eigenvalue weighted by molar-refractivity contribution is 5.91. The first-order valence-corrected chi connectivity index (χ1v) is 19.6. The SMILES string of the molecule is CC[C@H](C)[C@@H]1NC(=O)CCCN(C(=O)c2ccc(CN3CCC(C)CC3)o2)CCCNC(=O)Cn2nc(Cc3ccc(OC)c(OC)c3)nc2[C@@H](C)NC1=O. The van der Waals surface area contributed by atoms with E-state index in [1.54, 1.807) is 38.2 Å². The molecule has 0 radical (unpaired) electrons. The normalized spacial score (nSPS) is 20.7. The van der Waals surface area contributed by atoms with Crippen LogP contribution in [0.15, 0.2) is 34.7 Å². The molecule has 300 valence electrons. The molecule has 0 spiro atoms. The van der Waals surface area contributed by atoms with Gasteiger partial charge in [0.05, 0.1) is 26.8 Å². The Morgan fingerprint density at radius 2 is 1.71 bits per heavy atom. The maximum atomic E-state index is 13.8. The van der Waals surface area contributed by atoms with Crippen molar-refractivity contribution in [1.29, 1.82) is 0 Å². The molecule has 0 bridgehead atoms. The van der Waals surface area contributed by atoms with Gasteiger partial charge in [-0.25, -0.2) is 9.67 Å². The second-order valence-corrected chi connectivity index (χ2v) is 14.9. The van der Waals surface area contributed by atoms with Gasteiger partial charge in [0.25, 0.3) is 5.91 Å². The van der Waals surface area contributed by atoms with Crippen LogP contribution in [0, 0.1) is 11.8 Å². The van der Waals surface area contributed by atoms with Crippen LogP contribution in [-0.2, 0) is 33.9 Å². The smallest absolute Gasteiger partial charge is 0.289 e. The number of ether oxygens (including phenoxy) is 2. The monoisotopic (exact) mass is 762 g/mol. The highest BCUT2D eigenvalue weighted by Crippen LogP contribution is 2.28. The van der Waals surface area contributed by atoms with Crippen molar-refractivity contribution in [2.45, 2.75) is 97.8 Å². The minimum absolute atomic E-state index is 0.126. The molecule has 2 aliphatic rings. The first-order valence-electron chi connectivity index (χ1n) is 19.6. The third kappa shape index (κ3) is 11.3. The molecule has 3 atom stereocenters. The number of hydrogen-bond acceptors (Lipinski definition) is 10. The van der Waals surface area contributed by atoms with Crippen LogP contribution in [0.5, 0.6) is 11.5 Å². The lowest BCUT2D eigenvalue weighted by Crippen LogP contribution is -2.51. The van der Waals surface area contributed by atoms with Crippen molar-refractivity contribution in [3.05, 3.63) is 59.1 Å². The van der Waals surface area contributed by atoms with Crippen molar-refractivity contribution in [1.82, 2.24) is 40.5 Å². The zero-order valence-corrected chi connectivity index (χ0v) is 33.2. The standard InChI is InChI=1S/C40H58N8O7/c1-7-27(3)37-39(51)42-28(4)38-43-34(23-29-11-13-31(53-5)33(22-29)54-6)45-48(38)25-36(50)41-17-9-19-47(18-8-10-35(49)44-37)40(52)32-14-12-30(55-32)24-46-20-15-26(2)16-21-46/h11-14,22,26-28,37H,7-10,15-21,23-25H2,1-6H3,(H,41,50)(H,42,51)(H,44,49)/t27-,28+,37-/m0/s1. The summed E-state index contributed by atoms with van der Waals surface area (Å²) in [6.07, 6.45) is 4.29. The topological polar surface area (TPSA) is 173 Å². The molecule has 1 saturated heterocycles. The number of likely N-dealkylation sites (tertiary alicyclic amines) is 1. The zero-order chi connectivity index (χ0) is 39.5. The summed E-state index contributed by atoms with van der Waals surface area (Å²) >= 11 is 0. The van der Waals surface area contributed by atoms with Gasteiger partial charge in [0.15, 0.2) is 23.1 Å². The summed E-state index contributed by atoms with van der Waals surface area (Å²) < 4.78 is 18.4. The van der Waals surface area contributed by atoms with Crippen LogP contribution in [0.2, 0.25) is 0 Å². The zero-order valence-electron chi connectivity index (χ0n) is 33.2. The van der Waals surface area contributed by atoms with Crippen molar-refractivity contribution in [2.75, 3.05) is 46.9 Å². The Balaban J connectivity index is 1.33. The molecule has 4 amide bonds. The average Bonchev–Trinajstić information content (AvgIpc) is 3.81. The van der Waals surface area contributed by atoms with E-state index in [1.807, 2.05) is 32.0 Å². The largest absolute Gasteiger partial charge is 0.493 e. The number of furan rings is 1. The van der Waals surface area contributed by atoms with Gasteiger partial charge in [-0.15, -0.1) is 0 Å². The van der Waals surface area contributed by atoms with Crippen LogP contribution in [0.25, 0.3) is 0 Å². The van der Waals surface area contributed by atoms with Crippen LogP contribution in [0.1, 0.15) is 106 Å². The fourth-order valence-electron chi connectivity index (χ4n) is 7.01. The van der Waals surface area contributed by atoms with Gasteiger partial charge in [0.2, 0.25) is 17.7 Å². The minimum Gasteiger partial charge on any atom is -0.493 e. The molecule has 3 N–H and O–H groups in total. The lowest BCUT2D eigenvalue weighted by molar-refractivity contribution is -0.130. The van der Waals surface area contributed by atoms with Crippen LogP contribution >= 0.6 is 0 Å². The number of carbonyl (C=O) groups excluding carboxylic acids is 4. The number of carbonyl (C=O) groups is 4. The van der Waals surface area contributed by atoms with E-state index in [2.05, 4.69) is 32.9 Å². The van der Waals surface area contributed by atoms with E-state index < -0.39 is 12.1 Å². The summed E-state index contributed by atoms with van der Waals surface area (Å²) in [4.78, 5) is 62.9. The number of amides is 4. The van der Waals surface area contributed by atoms with Gasteiger partial charge in [-0.3, -0.25) is 24.1 Å². The van der Waals surface area contributed by atoms with Crippen molar-refractivity contribution in [3.63, 3.8) is 0 Å². The van der Waals surface area contributed by atoms with E-state index in [0.29, 0.717) is 75.0 Å². The number of piperidine rings is 1. The number of fused-ring (bicyclic) bond motifs is 1. The number of benzene rings is 1. The fourth-order valence-corrected chi connectivity index (χ4v) is 7.01. The Labute approximate surface area is 323 Å². The predicted molar refractivity (Wildman–Crippen MR) is 205 cm³/mol. The minimum atomic E-state index is -0.799. The summed E-state index contributed by atoms with van der Waals surface area (Å²) in [6.45, 7) is 11.4. The van der Waals surface area contributed by atoms with E-state index in [-0.39, 0.29) is 48.3 Å². The molecule has 5 rings (SSSR count). The van der Waals surface area contributed by atoms with Crippen molar-refractivity contribution in [3.8, 4) is 11.5 Å². The van der Waals surface area contributed by atoms with E-state index in [0.717, 1.165) is 43.2 Å². The van der Waals surface area contributed by atoms with Gasteiger partial charge < -0.3 is 34.7 Å². The Bertz CT molecular complexity index is 1760. The first-order chi connectivity index (χ1) is 26.5. The van der Waals surface area contributed by atoms with E-state index >= 15 is 0 Å². The van der Waals surface area contributed by atoms with Gasteiger partial charge in [0.1, 0.15) is 24.2 Å². The van der Waals surface area contributed by atoms with Crippen molar-refractivity contribution < 1.29 is 33.1 Å².